The lowest BCUT2D eigenvalue weighted by Crippen LogP contribution is -2.48. The Kier molecular flexibility index (Phi) is 4.64. The van der Waals surface area contributed by atoms with Gasteiger partial charge in [-0.25, -0.2) is 0 Å². The zero-order chi connectivity index (χ0) is 13.8. The van der Waals surface area contributed by atoms with Crippen LogP contribution in [0.2, 0.25) is 0 Å². The molecule has 1 aliphatic heterocycles. The number of nitrogens with zero attached hydrogens (tertiary/aromatic N) is 2. The monoisotopic (exact) mass is 263 g/mol. The number of rotatable bonds is 4. The van der Waals surface area contributed by atoms with Crippen LogP contribution in [0.4, 0.5) is 0 Å². The number of piperidine rings is 1. The molecule has 1 aromatic heterocycles. The van der Waals surface area contributed by atoms with Gasteiger partial charge in [-0.05, 0) is 45.4 Å². The SMILES string of the molecule is CC(C)N(CC1CCCCN1)C(=O)c1cccn1C. The van der Waals surface area contributed by atoms with E-state index in [1.165, 1.54) is 19.3 Å². The van der Waals surface area contributed by atoms with Crippen LogP contribution < -0.4 is 5.32 Å². The lowest BCUT2D eigenvalue weighted by atomic mass is 10.0. The van der Waals surface area contributed by atoms with Gasteiger partial charge in [-0.15, -0.1) is 0 Å². The van der Waals surface area contributed by atoms with E-state index in [4.69, 9.17) is 0 Å². The number of amides is 1. The fourth-order valence-electron chi connectivity index (χ4n) is 2.68. The average Bonchev–Trinajstić information content (AvgIpc) is 2.82. The molecule has 1 unspecified atom stereocenters. The molecule has 2 heterocycles. The highest BCUT2D eigenvalue weighted by atomic mass is 16.2. The van der Waals surface area contributed by atoms with E-state index in [1.54, 1.807) is 0 Å². The minimum absolute atomic E-state index is 0.134. The van der Waals surface area contributed by atoms with Crippen LogP contribution in [0.1, 0.15) is 43.6 Å². The predicted octanol–water partition coefficient (Wildman–Crippen LogP) is 2.02. The Labute approximate surface area is 115 Å². The van der Waals surface area contributed by atoms with E-state index in [9.17, 15) is 4.79 Å². The number of hydrogen-bond acceptors (Lipinski definition) is 2. The molecule has 1 atom stereocenters. The van der Waals surface area contributed by atoms with Crippen molar-refractivity contribution in [2.24, 2.45) is 7.05 Å². The maximum Gasteiger partial charge on any atom is 0.270 e. The summed E-state index contributed by atoms with van der Waals surface area (Å²) in [6.45, 7) is 6.06. The van der Waals surface area contributed by atoms with Crippen molar-refractivity contribution in [1.82, 2.24) is 14.8 Å². The number of nitrogens with one attached hydrogen (secondary N) is 1. The summed E-state index contributed by atoms with van der Waals surface area (Å²) in [5.74, 6) is 0.134. The molecule has 1 amide bonds. The minimum atomic E-state index is 0.134. The van der Waals surface area contributed by atoms with E-state index in [2.05, 4.69) is 19.2 Å². The normalized spacial score (nSPS) is 19.7. The van der Waals surface area contributed by atoms with Crippen molar-refractivity contribution in [3.8, 4) is 0 Å². The highest BCUT2D eigenvalue weighted by molar-refractivity contribution is 5.93. The Balaban J connectivity index is 2.07. The molecule has 2 rings (SSSR count). The molecule has 19 heavy (non-hydrogen) atoms. The van der Waals surface area contributed by atoms with Crippen molar-refractivity contribution >= 4 is 5.91 Å². The Morgan fingerprint density at radius 3 is 2.84 bits per heavy atom. The molecule has 1 saturated heterocycles. The summed E-state index contributed by atoms with van der Waals surface area (Å²) < 4.78 is 1.89. The topological polar surface area (TPSA) is 37.3 Å². The molecule has 0 radical (unpaired) electrons. The maximum absolute atomic E-state index is 12.6. The van der Waals surface area contributed by atoms with Crippen molar-refractivity contribution in [3.63, 3.8) is 0 Å². The van der Waals surface area contributed by atoms with Crippen LogP contribution in [0.15, 0.2) is 18.3 Å². The Bertz CT molecular complexity index is 419. The molecule has 0 saturated carbocycles. The van der Waals surface area contributed by atoms with Crippen LogP contribution in [-0.2, 0) is 7.05 Å². The molecule has 1 aromatic rings. The molecule has 106 valence electrons. The maximum atomic E-state index is 12.6. The number of aromatic nitrogens is 1. The number of hydrogen-bond donors (Lipinski definition) is 1. The molecule has 4 heteroatoms. The second kappa shape index (κ2) is 6.24. The molecule has 1 aliphatic rings. The predicted molar refractivity (Wildman–Crippen MR) is 77.2 cm³/mol. The van der Waals surface area contributed by atoms with Crippen molar-refractivity contribution in [2.75, 3.05) is 13.1 Å². The molecule has 0 aromatic carbocycles. The smallest absolute Gasteiger partial charge is 0.270 e. The fourth-order valence-corrected chi connectivity index (χ4v) is 2.68. The van der Waals surface area contributed by atoms with Gasteiger partial charge in [0.1, 0.15) is 5.69 Å². The largest absolute Gasteiger partial charge is 0.347 e. The van der Waals surface area contributed by atoms with E-state index in [0.29, 0.717) is 6.04 Å². The molecule has 0 spiro atoms. The van der Waals surface area contributed by atoms with E-state index >= 15 is 0 Å². The first-order valence-corrected chi connectivity index (χ1v) is 7.25. The van der Waals surface area contributed by atoms with Crippen molar-refractivity contribution in [3.05, 3.63) is 24.0 Å². The molecular weight excluding hydrogens is 238 g/mol. The standard InChI is InChI=1S/C15H25N3O/c1-12(2)18(11-13-7-4-5-9-16-13)15(19)14-8-6-10-17(14)3/h6,8,10,12-13,16H,4-5,7,9,11H2,1-3H3. The molecule has 0 aliphatic carbocycles. The summed E-state index contributed by atoms with van der Waals surface area (Å²) in [5, 5.41) is 3.52. The number of carbonyl (C=O) groups is 1. The highest BCUT2D eigenvalue weighted by Crippen LogP contribution is 2.13. The molecule has 1 fully saturated rings. The Morgan fingerprint density at radius 1 is 1.53 bits per heavy atom. The third kappa shape index (κ3) is 3.38. The van der Waals surface area contributed by atoms with E-state index in [-0.39, 0.29) is 11.9 Å². The zero-order valence-electron chi connectivity index (χ0n) is 12.2. The summed E-state index contributed by atoms with van der Waals surface area (Å²) in [4.78, 5) is 14.6. The molecular formula is C15H25N3O. The first-order chi connectivity index (χ1) is 9.09. The van der Waals surface area contributed by atoms with E-state index in [1.807, 2.05) is 34.8 Å². The van der Waals surface area contributed by atoms with Crippen molar-refractivity contribution in [2.45, 2.75) is 45.2 Å². The first-order valence-electron chi connectivity index (χ1n) is 7.25. The molecule has 0 bridgehead atoms. The molecule has 4 nitrogen and oxygen atoms in total. The summed E-state index contributed by atoms with van der Waals surface area (Å²) in [6.07, 6.45) is 5.61. The van der Waals surface area contributed by atoms with Gasteiger partial charge >= 0.3 is 0 Å². The number of carbonyl (C=O) groups excluding carboxylic acids is 1. The third-order valence-electron chi connectivity index (χ3n) is 3.88. The highest BCUT2D eigenvalue weighted by Gasteiger charge is 2.24. The third-order valence-corrected chi connectivity index (χ3v) is 3.88. The van der Waals surface area contributed by atoms with Crippen LogP contribution >= 0.6 is 0 Å². The summed E-state index contributed by atoms with van der Waals surface area (Å²) in [5.41, 5.74) is 0.768. The van der Waals surface area contributed by atoms with Gasteiger partial charge in [0.25, 0.3) is 5.91 Å². The van der Waals surface area contributed by atoms with Crippen LogP contribution in [0.3, 0.4) is 0 Å². The minimum Gasteiger partial charge on any atom is -0.347 e. The second-order valence-electron chi connectivity index (χ2n) is 5.70. The van der Waals surface area contributed by atoms with Gasteiger partial charge in [-0.3, -0.25) is 4.79 Å². The van der Waals surface area contributed by atoms with Gasteiger partial charge in [-0.2, -0.15) is 0 Å². The summed E-state index contributed by atoms with van der Waals surface area (Å²) >= 11 is 0. The second-order valence-corrected chi connectivity index (χ2v) is 5.70. The Morgan fingerprint density at radius 2 is 2.32 bits per heavy atom. The zero-order valence-corrected chi connectivity index (χ0v) is 12.2. The van der Waals surface area contributed by atoms with Gasteiger partial charge < -0.3 is 14.8 Å². The van der Waals surface area contributed by atoms with Crippen LogP contribution in [-0.4, -0.2) is 40.5 Å². The lowest BCUT2D eigenvalue weighted by Gasteiger charge is -2.33. The van der Waals surface area contributed by atoms with Gasteiger partial charge in [0, 0.05) is 31.9 Å². The van der Waals surface area contributed by atoms with Gasteiger partial charge in [0.15, 0.2) is 0 Å². The van der Waals surface area contributed by atoms with Crippen LogP contribution in [0, 0.1) is 0 Å². The summed E-state index contributed by atoms with van der Waals surface area (Å²) in [6, 6.07) is 4.49. The van der Waals surface area contributed by atoms with Crippen molar-refractivity contribution < 1.29 is 4.79 Å². The lowest BCUT2D eigenvalue weighted by molar-refractivity contribution is 0.0667. The Hall–Kier alpha value is -1.29. The molecule has 1 N–H and O–H groups in total. The summed E-state index contributed by atoms with van der Waals surface area (Å²) in [7, 11) is 1.92. The van der Waals surface area contributed by atoms with Gasteiger partial charge in [0.2, 0.25) is 0 Å². The number of aryl methyl sites for hydroxylation is 1. The van der Waals surface area contributed by atoms with Gasteiger partial charge in [-0.1, -0.05) is 6.42 Å². The van der Waals surface area contributed by atoms with Crippen LogP contribution in [0.5, 0.6) is 0 Å². The quantitative estimate of drug-likeness (QED) is 0.902. The van der Waals surface area contributed by atoms with Crippen molar-refractivity contribution in [1.29, 1.82) is 0 Å². The van der Waals surface area contributed by atoms with Gasteiger partial charge in [0.05, 0.1) is 0 Å². The fraction of sp³-hybridized carbons (Fsp3) is 0.667. The first kappa shape index (κ1) is 14.1. The van der Waals surface area contributed by atoms with E-state index < -0.39 is 0 Å². The van der Waals surface area contributed by atoms with E-state index in [0.717, 1.165) is 18.8 Å². The van der Waals surface area contributed by atoms with Crippen LogP contribution in [0.25, 0.3) is 0 Å². The average molecular weight is 263 g/mol.